The molecule has 3 aromatic rings. The summed E-state index contributed by atoms with van der Waals surface area (Å²) in [5, 5.41) is 18.7. The van der Waals surface area contributed by atoms with E-state index in [0.717, 1.165) is 11.3 Å². The summed E-state index contributed by atoms with van der Waals surface area (Å²) < 4.78 is 26.7. The number of hydrogen-bond donors (Lipinski definition) is 0. The smallest absolute Gasteiger partial charge is 0.273 e. The van der Waals surface area contributed by atoms with E-state index in [-0.39, 0.29) is 20.3 Å². The van der Waals surface area contributed by atoms with Crippen LogP contribution in [0.3, 0.4) is 0 Å². The van der Waals surface area contributed by atoms with Crippen molar-refractivity contribution in [1.29, 1.82) is 10.5 Å². The molecule has 1 aliphatic rings. The second-order valence-electron chi connectivity index (χ2n) is 6.00. The molecule has 1 aromatic heterocycles. The molecule has 2 heterocycles. The van der Waals surface area contributed by atoms with Crippen molar-refractivity contribution in [2.75, 3.05) is 13.2 Å². The Hall–Kier alpha value is -3.88. The van der Waals surface area contributed by atoms with E-state index < -0.39 is 11.4 Å². The fraction of sp³-hybridized carbons (Fsp3) is 0.0952. The Bertz CT molecular complexity index is 1360. The normalized spacial score (nSPS) is 12.9. The molecule has 6 nitrogen and oxygen atoms in total. The number of nitriles is 2. The van der Waals surface area contributed by atoms with E-state index in [1.807, 2.05) is 12.1 Å². The second-order valence-corrected chi connectivity index (χ2v) is 7.04. The summed E-state index contributed by atoms with van der Waals surface area (Å²) in [7, 11) is 0. The SMILES string of the molecule is N#CC(C#N)=c1s/c(=C\c2ccccc2F)c(=O)n1-c1ccc2c(c1)OCCO2. The van der Waals surface area contributed by atoms with E-state index in [9.17, 15) is 19.7 Å². The van der Waals surface area contributed by atoms with Gasteiger partial charge in [0.25, 0.3) is 5.56 Å². The molecule has 0 fully saturated rings. The average molecular weight is 405 g/mol. The third kappa shape index (κ3) is 3.38. The Morgan fingerprint density at radius 1 is 1.10 bits per heavy atom. The number of halogens is 1. The van der Waals surface area contributed by atoms with Gasteiger partial charge in [0.05, 0.1) is 10.2 Å². The average Bonchev–Trinajstić information content (AvgIpc) is 3.06. The van der Waals surface area contributed by atoms with Gasteiger partial charge in [-0.1, -0.05) is 18.2 Å². The predicted molar refractivity (Wildman–Crippen MR) is 105 cm³/mol. The van der Waals surface area contributed by atoms with Crippen molar-refractivity contribution in [3.63, 3.8) is 0 Å². The molecule has 0 atom stereocenters. The van der Waals surface area contributed by atoms with Crippen molar-refractivity contribution in [2.24, 2.45) is 0 Å². The van der Waals surface area contributed by atoms with Crippen LogP contribution in [0.1, 0.15) is 5.56 Å². The van der Waals surface area contributed by atoms with E-state index in [1.54, 1.807) is 36.4 Å². The maximum Gasteiger partial charge on any atom is 0.273 e. The molecule has 29 heavy (non-hydrogen) atoms. The lowest BCUT2D eigenvalue weighted by atomic mass is 10.2. The van der Waals surface area contributed by atoms with Gasteiger partial charge in [0.15, 0.2) is 17.1 Å². The highest BCUT2D eigenvalue weighted by atomic mass is 32.1. The molecular formula is C21H12FN3O3S. The van der Waals surface area contributed by atoms with E-state index in [2.05, 4.69) is 0 Å². The van der Waals surface area contributed by atoms with Crippen LogP contribution in [0, 0.1) is 28.5 Å². The van der Waals surface area contributed by atoms with Crippen LogP contribution >= 0.6 is 11.3 Å². The van der Waals surface area contributed by atoms with E-state index in [1.165, 1.54) is 16.7 Å². The molecule has 4 rings (SSSR count). The minimum atomic E-state index is -0.475. The fourth-order valence-electron chi connectivity index (χ4n) is 2.91. The van der Waals surface area contributed by atoms with Gasteiger partial charge in [0.2, 0.25) is 0 Å². The Morgan fingerprint density at radius 2 is 1.83 bits per heavy atom. The summed E-state index contributed by atoms with van der Waals surface area (Å²) in [6.45, 7) is 0.806. The molecule has 0 amide bonds. The van der Waals surface area contributed by atoms with Gasteiger partial charge in [-0.05, 0) is 24.3 Å². The summed E-state index contributed by atoms with van der Waals surface area (Å²) >= 11 is 0.953. The molecular weight excluding hydrogens is 393 g/mol. The molecule has 2 aromatic carbocycles. The Kier molecular flexibility index (Phi) is 4.86. The number of hydrogen-bond acceptors (Lipinski definition) is 6. The minimum Gasteiger partial charge on any atom is -0.486 e. The van der Waals surface area contributed by atoms with Gasteiger partial charge in [-0.3, -0.25) is 9.36 Å². The van der Waals surface area contributed by atoms with Gasteiger partial charge >= 0.3 is 0 Å². The molecule has 1 aliphatic heterocycles. The zero-order valence-corrected chi connectivity index (χ0v) is 15.7. The van der Waals surface area contributed by atoms with Crippen LogP contribution in [-0.2, 0) is 0 Å². The summed E-state index contributed by atoms with van der Waals surface area (Å²) in [4.78, 5) is 13.1. The summed E-state index contributed by atoms with van der Waals surface area (Å²) in [5.41, 5.74) is -0.0213. The largest absolute Gasteiger partial charge is 0.486 e. The van der Waals surface area contributed by atoms with Crippen molar-refractivity contribution < 1.29 is 13.9 Å². The lowest BCUT2D eigenvalue weighted by molar-refractivity contribution is 0.171. The Balaban J connectivity index is 2.02. The van der Waals surface area contributed by atoms with Crippen molar-refractivity contribution >= 4 is 23.0 Å². The third-order valence-electron chi connectivity index (χ3n) is 4.24. The first-order valence-corrected chi connectivity index (χ1v) is 9.36. The highest BCUT2D eigenvalue weighted by Gasteiger charge is 2.16. The number of benzene rings is 2. The van der Waals surface area contributed by atoms with Gasteiger partial charge in [-0.25, -0.2) is 4.39 Å². The maximum atomic E-state index is 14.0. The van der Waals surface area contributed by atoms with Gasteiger partial charge < -0.3 is 9.47 Å². The standard InChI is InChI=1S/C21H12FN3O3S/c22-16-4-2-1-3-13(16)9-19-20(26)25(21(29-19)14(11-23)12-24)15-5-6-17-18(10-15)28-8-7-27-17/h1-6,9-10H,7-8H2/b19-9-. The van der Waals surface area contributed by atoms with Crippen molar-refractivity contribution in [2.45, 2.75) is 0 Å². The monoisotopic (exact) mass is 405 g/mol. The molecule has 0 radical (unpaired) electrons. The topological polar surface area (TPSA) is 88.0 Å². The molecule has 0 unspecified atom stereocenters. The zero-order chi connectivity index (χ0) is 20.4. The summed E-state index contributed by atoms with van der Waals surface area (Å²) in [6.07, 6.45) is 1.41. The second kappa shape index (κ2) is 7.63. The predicted octanol–water partition coefficient (Wildman–Crippen LogP) is 1.84. The highest BCUT2D eigenvalue weighted by molar-refractivity contribution is 7.07. The Morgan fingerprint density at radius 3 is 2.55 bits per heavy atom. The summed E-state index contributed by atoms with van der Waals surface area (Å²) in [5.74, 6) is 0.540. The number of fused-ring (bicyclic) bond motifs is 1. The van der Waals surface area contributed by atoms with Crippen LogP contribution in [0.15, 0.2) is 47.3 Å². The van der Waals surface area contributed by atoms with Crippen LogP contribution in [0.4, 0.5) is 4.39 Å². The molecule has 0 saturated carbocycles. The first kappa shape index (κ1) is 18.5. The van der Waals surface area contributed by atoms with E-state index in [0.29, 0.717) is 30.4 Å². The minimum absolute atomic E-state index is 0.166. The molecule has 142 valence electrons. The van der Waals surface area contributed by atoms with Crippen LogP contribution < -0.4 is 24.2 Å². The lowest BCUT2D eigenvalue weighted by Gasteiger charge is -2.18. The van der Waals surface area contributed by atoms with Crippen LogP contribution in [-0.4, -0.2) is 17.8 Å². The molecule has 0 saturated heterocycles. The van der Waals surface area contributed by atoms with Crippen LogP contribution in [0.5, 0.6) is 11.5 Å². The van der Waals surface area contributed by atoms with Gasteiger partial charge in [-0.2, -0.15) is 10.5 Å². The van der Waals surface area contributed by atoms with E-state index >= 15 is 0 Å². The molecule has 0 N–H and O–H groups in total. The van der Waals surface area contributed by atoms with Crippen LogP contribution in [0.25, 0.3) is 17.3 Å². The lowest BCUT2D eigenvalue weighted by Crippen LogP contribution is -2.30. The fourth-order valence-corrected chi connectivity index (χ4v) is 3.96. The molecule has 0 aliphatic carbocycles. The Labute approximate surface area is 168 Å². The number of rotatable bonds is 2. The van der Waals surface area contributed by atoms with Crippen molar-refractivity contribution in [3.05, 3.63) is 73.4 Å². The first-order valence-electron chi connectivity index (χ1n) is 8.55. The van der Waals surface area contributed by atoms with Gasteiger partial charge in [0, 0.05) is 11.6 Å². The number of thiazole rings is 1. The van der Waals surface area contributed by atoms with Crippen LogP contribution in [0.2, 0.25) is 0 Å². The zero-order valence-electron chi connectivity index (χ0n) is 14.9. The van der Waals surface area contributed by atoms with E-state index in [4.69, 9.17) is 9.47 Å². The van der Waals surface area contributed by atoms with Crippen molar-refractivity contribution in [3.8, 4) is 29.3 Å². The molecule has 8 heteroatoms. The first-order chi connectivity index (χ1) is 14.1. The van der Waals surface area contributed by atoms with Crippen molar-refractivity contribution in [1.82, 2.24) is 4.57 Å². The highest BCUT2D eigenvalue weighted by Crippen LogP contribution is 2.31. The quantitative estimate of drug-likeness (QED) is 0.649. The number of nitrogens with zero attached hydrogens (tertiary/aromatic N) is 3. The van der Waals surface area contributed by atoms with Gasteiger partial charge in [-0.15, -0.1) is 11.3 Å². The number of aromatic nitrogens is 1. The number of ether oxygens (including phenoxy) is 2. The maximum absolute atomic E-state index is 14.0. The molecule has 0 bridgehead atoms. The van der Waals surface area contributed by atoms with Gasteiger partial charge in [0.1, 0.15) is 35.8 Å². The molecule has 0 spiro atoms. The summed E-state index contributed by atoms with van der Waals surface area (Å²) in [6, 6.07) is 14.6. The third-order valence-corrected chi connectivity index (χ3v) is 5.33.